The number of benzene rings is 1. The summed E-state index contributed by atoms with van der Waals surface area (Å²) < 4.78 is 5.35. The summed E-state index contributed by atoms with van der Waals surface area (Å²) in [5.41, 5.74) is 6.71. The van der Waals surface area contributed by atoms with Crippen LogP contribution in [0, 0.1) is 27.7 Å². The highest BCUT2D eigenvalue weighted by Gasteiger charge is 2.13. The van der Waals surface area contributed by atoms with Gasteiger partial charge in [-0.25, -0.2) is 9.97 Å². The molecule has 0 aliphatic heterocycles. The van der Waals surface area contributed by atoms with Gasteiger partial charge in [0.25, 0.3) is 0 Å². The van der Waals surface area contributed by atoms with Gasteiger partial charge in [0.05, 0.1) is 7.11 Å². The third-order valence-corrected chi connectivity index (χ3v) is 3.45. The van der Waals surface area contributed by atoms with Crippen molar-refractivity contribution < 1.29 is 4.74 Å². The molecule has 0 unspecified atom stereocenters. The number of methoxy groups -OCH3 is 1. The van der Waals surface area contributed by atoms with Crippen LogP contribution >= 0.6 is 0 Å². The Kier molecular flexibility index (Phi) is 3.32. The van der Waals surface area contributed by atoms with E-state index in [-0.39, 0.29) is 0 Å². The van der Waals surface area contributed by atoms with E-state index in [1.54, 1.807) is 13.4 Å². The summed E-state index contributed by atoms with van der Waals surface area (Å²) >= 11 is 0. The summed E-state index contributed by atoms with van der Waals surface area (Å²) in [4.78, 5) is 8.57. The van der Waals surface area contributed by atoms with Gasteiger partial charge in [-0.1, -0.05) is 6.07 Å². The van der Waals surface area contributed by atoms with Crippen LogP contribution in [0.25, 0.3) is 11.1 Å². The van der Waals surface area contributed by atoms with Gasteiger partial charge in [-0.3, -0.25) is 0 Å². The highest BCUT2D eigenvalue weighted by atomic mass is 16.5. The highest BCUT2D eigenvalue weighted by Crippen LogP contribution is 2.33. The van der Waals surface area contributed by atoms with Crippen LogP contribution in [0.1, 0.15) is 22.5 Å². The molecule has 1 aromatic carbocycles. The highest BCUT2D eigenvalue weighted by molar-refractivity contribution is 5.73. The Morgan fingerprint density at radius 2 is 1.50 bits per heavy atom. The standard InChI is InChI=1S/C15H18N2O/c1-9-10(2)14(18-5)7-6-13(9)15-11(3)16-8-17-12(15)4/h6-8H,1-5H3. The smallest absolute Gasteiger partial charge is 0.122 e. The first kappa shape index (κ1) is 12.6. The average molecular weight is 242 g/mol. The maximum atomic E-state index is 5.35. The van der Waals surface area contributed by atoms with E-state index in [2.05, 4.69) is 29.9 Å². The molecule has 1 aromatic heterocycles. The molecule has 18 heavy (non-hydrogen) atoms. The number of rotatable bonds is 2. The van der Waals surface area contributed by atoms with E-state index in [1.807, 2.05) is 19.9 Å². The molecule has 0 amide bonds. The molecule has 0 spiro atoms. The number of ether oxygens (including phenoxy) is 1. The van der Waals surface area contributed by atoms with Gasteiger partial charge in [0, 0.05) is 17.0 Å². The Morgan fingerprint density at radius 1 is 0.889 bits per heavy atom. The molecule has 94 valence electrons. The van der Waals surface area contributed by atoms with E-state index in [4.69, 9.17) is 4.74 Å². The van der Waals surface area contributed by atoms with Crippen molar-refractivity contribution in [1.82, 2.24) is 9.97 Å². The van der Waals surface area contributed by atoms with Crippen molar-refractivity contribution in [2.75, 3.05) is 7.11 Å². The van der Waals surface area contributed by atoms with Crippen LogP contribution in [0.4, 0.5) is 0 Å². The first-order valence-electron chi connectivity index (χ1n) is 5.99. The number of hydrogen-bond acceptors (Lipinski definition) is 3. The summed E-state index contributed by atoms with van der Waals surface area (Å²) in [6.07, 6.45) is 1.61. The normalized spacial score (nSPS) is 10.5. The van der Waals surface area contributed by atoms with Crippen LogP contribution in [0.2, 0.25) is 0 Å². The number of hydrogen-bond donors (Lipinski definition) is 0. The molecule has 0 atom stereocenters. The Morgan fingerprint density at radius 3 is 2.06 bits per heavy atom. The molecule has 0 fully saturated rings. The van der Waals surface area contributed by atoms with E-state index in [1.165, 1.54) is 11.1 Å². The van der Waals surface area contributed by atoms with Gasteiger partial charge in [-0.15, -0.1) is 0 Å². The van der Waals surface area contributed by atoms with E-state index in [9.17, 15) is 0 Å². The third-order valence-electron chi connectivity index (χ3n) is 3.45. The summed E-state index contributed by atoms with van der Waals surface area (Å²) in [6, 6.07) is 4.09. The quantitative estimate of drug-likeness (QED) is 0.809. The topological polar surface area (TPSA) is 35.0 Å². The van der Waals surface area contributed by atoms with Crippen molar-refractivity contribution in [1.29, 1.82) is 0 Å². The minimum Gasteiger partial charge on any atom is -0.496 e. The molecule has 0 aliphatic rings. The molecule has 0 saturated carbocycles. The molecule has 1 heterocycles. The van der Waals surface area contributed by atoms with Crippen molar-refractivity contribution in [3.63, 3.8) is 0 Å². The van der Waals surface area contributed by atoms with Crippen LogP contribution in [0.5, 0.6) is 5.75 Å². The van der Waals surface area contributed by atoms with Crippen molar-refractivity contribution in [2.45, 2.75) is 27.7 Å². The van der Waals surface area contributed by atoms with Gasteiger partial charge < -0.3 is 4.74 Å². The van der Waals surface area contributed by atoms with E-state index in [0.29, 0.717) is 0 Å². The SMILES string of the molecule is COc1ccc(-c2c(C)ncnc2C)c(C)c1C. The first-order chi connectivity index (χ1) is 8.56. The summed E-state index contributed by atoms with van der Waals surface area (Å²) in [6.45, 7) is 8.22. The number of aromatic nitrogens is 2. The predicted octanol–water partition coefficient (Wildman–Crippen LogP) is 3.39. The Hall–Kier alpha value is -1.90. The molecule has 0 saturated heterocycles. The molecule has 0 N–H and O–H groups in total. The zero-order valence-electron chi connectivity index (χ0n) is 11.5. The Balaban J connectivity index is 2.69. The largest absolute Gasteiger partial charge is 0.496 e. The molecule has 2 aromatic rings. The van der Waals surface area contributed by atoms with E-state index >= 15 is 0 Å². The van der Waals surface area contributed by atoms with Crippen molar-refractivity contribution in [3.8, 4) is 16.9 Å². The second kappa shape index (κ2) is 4.77. The lowest BCUT2D eigenvalue weighted by molar-refractivity contribution is 0.411. The zero-order chi connectivity index (χ0) is 13.3. The maximum Gasteiger partial charge on any atom is 0.122 e. The Labute approximate surface area is 108 Å². The molecule has 0 radical (unpaired) electrons. The molecule has 2 rings (SSSR count). The lowest BCUT2D eigenvalue weighted by Crippen LogP contribution is -1.98. The fraction of sp³-hybridized carbons (Fsp3) is 0.333. The average Bonchev–Trinajstić information content (AvgIpc) is 2.34. The second-order valence-corrected chi connectivity index (χ2v) is 4.48. The molecule has 0 bridgehead atoms. The molecule has 3 nitrogen and oxygen atoms in total. The van der Waals surface area contributed by atoms with Crippen LogP contribution in [0.3, 0.4) is 0 Å². The fourth-order valence-electron chi connectivity index (χ4n) is 2.27. The summed E-state index contributed by atoms with van der Waals surface area (Å²) in [7, 11) is 1.70. The monoisotopic (exact) mass is 242 g/mol. The van der Waals surface area contributed by atoms with Crippen LogP contribution in [-0.2, 0) is 0 Å². The first-order valence-corrected chi connectivity index (χ1v) is 5.99. The van der Waals surface area contributed by atoms with Crippen LogP contribution in [0.15, 0.2) is 18.5 Å². The zero-order valence-corrected chi connectivity index (χ0v) is 11.5. The Bertz CT molecular complexity index is 571. The minimum absolute atomic E-state index is 0.920. The van der Waals surface area contributed by atoms with Gasteiger partial charge in [0.15, 0.2) is 0 Å². The lowest BCUT2D eigenvalue weighted by atomic mass is 9.94. The molecular formula is C15H18N2O. The number of nitrogens with zero attached hydrogens (tertiary/aromatic N) is 2. The van der Waals surface area contributed by atoms with Gasteiger partial charge in [0.2, 0.25) is 0 Å². The van der Waals surface area contributed by atoms with Crippen molar-refractivity contribution in [2.24, 2.45) is 0 Å². The van der Waals surface area contributed by atoms with Gasteiger partial charge in [0.1, 0.15) is 12.1 Å². The van der Waals surface area contributed by atoms with Gasteiger partial charge >= 0.3 is 0 Å². The van der Waals surface area contributed by atoms with E-state index < -0.39 is 0 Å². The molecule has 3 heteroatoms. The lowest BCUT2D eigenvalue weighted by Gasteiger charge is -2.15. The van der Waals surface area contributed by atoms with E-state index in [0.717, 1.165) is 28.3 Å². The maximum absolute atomic E-state index is 5.35. The van der Waals surface area contributed by atoms with Crippen LogP contribution < -0.4 is 4.74 Å². The molecule has 0 aliphatic carbocycles. The molecular weight excluding hydrogens is 224 g/mol. The number of aryl methyl sites for hydroxylation is 2. The third kappa shape index (κ3) is 1.96. The van der Waals surface area contributed by atoms with Gasteiger partial charge in [-0.05, 0) is 50.5 Å². The fourth-order valence-corrected chi connectivity index (χ4v) is 2.27. The van der Waals surface area contributed by atoms with Gasteiger partial charge in [-0.2, -0.15) is 0 Å². The second-order valence-electron chi connectivity index (χ2n) is 4.48. The van der Waals surface area contributed by atoms with Crippen molar-refractivity contribution in [3.05, 3.63) is 41.0 Å². The van der Waals surface area contributed by atoms with Crippen LogP contribution in [-0.4, -0.2) is 17.1 Å². The van der Waals surface area contributed by atoms with Crippen molar-refractivity contribution >= 4 is 0 Å². The minimum atomic E-state index is 0.920. The summed E-state index contributed by atoms with van der Waals surface area (Å²) in [5.74, 6) is 0.920. The predicted molar refractivity (Wildman–Crippen MR) is 73.0 cm³/mol. The summed E-state index contributed by atoms with van der Waals surface area (Å²) in [5, 5.41) is 0.